The highest BCUT2D eigenvalue weighted by molar-refractivity contribution is 5.28. The average molecular weight is 164 g/mol. The summed E-state index contributed by atoms with van der Waals surface area (Å²) in [6, 6.07) is 8.45. The van der Waals surface area contributed by atoms with Crippen LogP contribution in [0, 0.1) is 6.92 Å². The molecule has 66 valence electrons. The second-order valence-corrected chi connectivity index (χ2v) is 3.21. The fraction of sp³-hybridized carbons (Fsp3) is 0.455. The van der Waals surface area contributed by atoms with Crippen LogP contribution < -0.4 is 0 Å². The zero-order valence-electron chi connectivity index (χ0n) is 8.00. The molecule has 0 bridgehead atoms. The molecule has 1 aromatic rings. The van der Waals surface area contributed by atoms with E-state index in [-0.39, 0.29) is 0 Å². The lowest BCUT2D eigenvalue weighted by Crippen LogP contribution is -2.03. The number of benzene rings is 1. The summed E-state index contributed by atoms with van der Waals surface area (Å²) in [4.78, 5) is 0. The molecule has 0 saturated carbocycles. The smallest absolute Gasteiger partial charge is 0.0528 e. The maximum absolute atomic E-state index is 5.11. The predicted octanol–water partition coefficient (Wildman–Crippen LogP) is 2.74. The second kappa shape index (κ2) is 4.27. The lowest BCUT2D eigenvalue weighted by atomic mass is 9.97. The molecule has 1 nitrogen and oxygen atoms in total. The summed E-state index contributed by atoms with van der Waals surface area (Å²) in [5.41, 5.74) is 2.74. The van der Waals surface area contributed by atoms with Gasteiger partial charge < -0.3 is 4.74 Å². The lowest BCUT2D eigenvalue weighted by Gasteiger charge is -2.12. The third kappa shape index (κ3) is 2.08. The first-order chi connectivity index (χ1) is 5.75. The molecule has 0 fully saturated rings. The van der Waals surface area contributed by atoms with Crippen molar-refractivity contribution >= 4 is 0 Å². The van der Waals surface area contributed by atoms with Crippen LogP contribution in [-0.2, 0) is 4.74 Å². The number of ether oxygens (including phenoxy) is 1. The summed E-state index contributed by atoms with van der Waals surface area (Å²) in [6.07, 6.45) is 0. The average Bonchev–Trinajstić information content (AvgIpc) is 2.05. The largest absolute Gasteiger partial charge is 0.384 e. The third-order valence-electron chi connectivity index (χ3n) is 2.14. The van der Waals surface area contributed by atoms with Gasteiger partial charge in [0.1, 0.15) is 0 Å². The number of aryl methyl sites for hydroxylation is 1. The van der Waals surface area contributed by atoms with Crippen molar-refractivity contribution in [2.45, 2.75) is 19.8 Å². The van der Waals surface area contributed by atoms with Gasteiger partial charge in [0.15, 0.2) is 0 Å². The van der Waals surface area contributed by atoms with Gasteiger partial charge in [0.25, 0.3) is 0 Å². The molecule has 12 heavy (non-hydrogen) atoms. The molecule has 0 aliphatic rings. The molecule has 1 aromatic carbocycles. The Morgan fingerprint density at radius 1 is 1.33 bits per heavy atom. The van der Waals surface area contributed by atoms with Crippen LogP contribution in [0.25, 0.3) is 0 Å². The quantitative estimate of drug-likeness (QED) is 0.667. The highest BCUT2D eigenvalue weighted by atomic mass is 16.5. The number of hydrogen-bond donors (Lipinski definition) is 0. The number of rotatable bonds is 3. The topological polar surface area (TPSA) is 9.23 Å². The maximum atomic E-state index is 5.11. The van der Waals surface area contributed by atoms with Crippen molar-refractivity contribution in [3.05, 3.63) is 35.4 Å². The van der Waals surface area contributed by atoms with Crippen LogP contribution in [0.1, 0.15) is 24.0 Å². The van der Waals surface area contributed by atoms with E-state index in [0.29, 0.717) is 5.92 Å². The summed E-state index contributed by atoms with van der Waals surface area (Å²) in [5.74, 6) is 0.496. The van der Waals surface area contributed by atoms with E-state index in [4.69, 9.17) is 4.74 Å². The van der Waals surface area contributed by atoms with Crippen LogP contribution in [0.15, 0.2) is 24.3 Å². The molecule has 0 aliphatic carbocycles. The van der Waals surface area contributed by atoms with Gasteiger partial charge in [-0.1, -0.05) is 31.2 Å². The minimum atomic E-state index is 0.496. The predicted molar refractivity (Wildman–Crippen MR) is 51.5 cm³/mol. The van der Waals surface area contributed by atoms with Crippen molar-refractivity contribution < 1.29 is 4.74 Å². The highest BCUT2D eigenvalue weighted by Crippen LogP contribution is 2.18. The summed E-state index contributed by atoms with van der Waals surface area (Å²) in [6.45, 7) is 5.12. The van der Waals surface area contributed by atoms with Crippen molar-refractivity contribution in [1.29, 1.82) is 0 Å². The van der Waals surface area contributed by atoms with E-state index in [9.17, 15) is 0 Å². The number of hydrogen-bond acceptors (Lipinski definition) is 1. The van der Waals surface area contributed by atoms with Gasteiger partial charge in [0.05, 0.1) is 6.61 Å². The Hall–Kier alpha value is -0.820. The first kappa shape index (κ1) is 9.27. The van der Waals surface area contributed by atoms with Crippen LogP contribution in [0.5, 0.6) is 0 Å². The van der Waals surface area contributed by atoms with Crippen LogP contribution in [-0.4, -0.2) is 13.7 Å². The van der Waals surface area contributed by atoms with Crippen LogP contribution in [0.2, 0.25) is 0 Å². The molecule has 0 radical (unpaired) electrons. The summed E-state index contributed by atoms with van der Waals surface area (Å²) >= 11 is 0. The maximum Gasteiger partial charge on any atom is 0.0528 e. The van der Waals surface area contributed by atoms with E-state index in [1.165, 1.54) is 11.1 Å². The normalized spacial score (nSPS) is 12.9. The summed E-state index contributed by atoms with van der Waals surface area (Å²) in [5, 5.41) is 0. The van der Waals surface area contributed by atoms with Crippen LogP contribution in [0.4, 0.5) is 0 Å². The zero-order valence-corrected chi connectivity index (χ0v) is 8.00. The SMILES string of the molecule is COCC(C)c1ccccc1C. The van der Waals surface area contributed by atoms with Crippen molar-refractivity contribution in [2.24, 2.45) is 0 Å². The Morgan fingerprint density at radius 2 is 2.00 bits per heavy atom. The van der Waals surface area contributed by atoms with E-state index in [2.05, 4.69) is 38.1 Å². The molecule has 1 atom stereocenters. The van der Waals surface area contributed by atoms with Gasteiger partial charge in [-0.15, -0.1) is 0 Å². The molecule has 0 N–H and O–H groups in total. The molecular weight excluding hydrogens is 148 g/mol. The van der Waals surface area contributed by atoms with E-state index in [1.807, 2.05) is 0 Å². The van der Waals surface area contributed by atoms with Crippen molar-refractivity contribution in [3.63, 3.8) is 0 Å². The van der Waals surface area contributed by atoms with Crippen LogP contribution in [0.3, 0.4) is 0 Å². The molecule has 0 aliphatic heterocycles. The minimum absolute atomic E-state index is 0.496. The van der Waals surface area contributed by atoms with Gasteiger partial charge in [-0.3, -0.25) is 0 Å². The van der Waals surface area contributed by atoms with Gasteiger partial charge >= 0.3 is 0 Å². The molecule has 0 amide bonds. The molecule has 1 rings (SSSR count). The van der Waals surface area contributed by atoms with Crippen molar-refractivity contribution in [2.75, 3.05) is 13.7 Å². The Bertz CT molecular complexity index is 243. The lowest BCUT2D eigenvalue weighted by molar-refractivity contribution is 0.184. The van der Waals surface area contributed by atoms with Gasteiger partial charge in [-0.25, -0.2) is 0 Å². The van der Waals surface area contributed by atoms with E-state index < -0.39 is 0 Å². The summed E-state index contributed by atoms with van der Waals surface area (Å²) < 4.78 is 5.11. The van der Waals surface area contributed by atoms with Crippen LogP contribution >= 0.6 is 0 Å². The molecule has 1 heteroatoms. The molecule has 1 unspecified atom stereocenters. The first-order valence-corrected chi connectivity index (χ1v) is 4.30. The van der Waals surface area contributed by atoms with E-state index in [0.717, 1.165) is 6.61 Å². The molecule has 0 saturated heterocycles. The number of methoxy groups -OCH3 is 1. The monoisotopic (exact) mass is 164 g/mol. The van der Waals surface area contributed by atoms with Gasteiger partial charge in [-0.2, -0.15) is 0 Å². The summed E-state index contributed by atoms with van der Waals surface area (Å²) in [7, 11) is 1.74. The van der Waals surface area contributed by atoms with Crippen molar-refractivity contribution in [1.82, 2.24) is 0 Å². The Labute approximate surface area is 74.4 Å². The Morgan fingerprint density at radius 3 is 2.58 bits per heavy atom. The van der Waals surface area contributed by atoms with Gasteiger partial charge in [0.2, 0.25) is 0 Å². The van der Waals surface area contributed by atoms with Gasteiger partial charge in [-0.05, 0) is 18.1 Å². The molecule has 0 spiro atoms. The van der Waals surface area contributed by atoms with E-state index in [1.54, 1.807) is 7.11 Å². The third-order valence-corrected chi connectivity index (χ3v) is 2.14. The standard InChI is InChI=1S/C11H16O/c1-9-6-4-5-7-11(9)10(2)8-12-3/h4-7,10H,8H2,1-3H3. The zero-order chi connectivity index (χ0) is 8.97. The second-order valence-electron chi connectivity index (χ2n) is 3.21. The Kier molecular flexibility index (Phi) is 3.30. The highest BCUT2D eigenvalue weighted by Gasteiger charge is 2.06. The molecular formula is C11H16O. The van der Waals surface area contributed by atoms with Gasteiger partial charge in [0, 0.05) is 13.0 Å². The van der Waals surface area contributed by atoms with E-state index >= 15 is 0 Å². The fourth-order valence-electron chi connectivity index (χ4n) is 1.48. The molecule has 0 heterocycles. The molecule has 0 aromatic heterocycles. The Balaban J connectivity index is 2.79. The fourth-order valence-corrected chi connectivity index (χ4v) is 1.48. The first-order valence-electron chi connectivity index (χ1n) is 4.30. The minimum Gasteiger partial charge on any atom is -0.384 e. The van der Waals surface area contributed by atoms with Crippen molar-refractivity contribution in [3.8, 4) is 0 Å².